The van der Waals surface area contributed by atoms with Crippen molar-refractivity contribution in [3.05, 3.63) is 37.8 Å². The Hall–Kier alpha value is -1.76. The lowest BCUT2D eigenvalue weighted by molar-refractivity contribution is -0.385. The van der Waals surface area contributed by atoms with Crippen molar-refractivity contribution in [2.45, 2.75) is 13.3 Å². The second kappa shape index (κ2) is 5.05. The summed E-state index contributed by atoms with van der Waals surface area (Å²) < 4.78 is 0.390. The van der Waals surface area contributed by atoms with Gasteiger partial charge < -0.3 is 5.11 Å². The van der Waals surface area contributed by atoms with Gasteiger partial charge in [0.15, 0.2) is 0 Å². The van der Waals surface area contributed by atoms with E-state index in [1.165, 1.54) is 12.1 Å². The fraction of sp³-hybridized carbons (Fsp3) is 0.200. The van der Waals surface area contributed by atoms with Gasteiger partial charge in [0, 0.05) is 10.5 Å². The van der Waals surface area contributed by atoms with Crippen LogP contribution in [0.15, 0.2) is 16.6 Å². The zero-order chi connectivity index (χ0) is 13.2. The molecule has 0 aliphatic rings. The Bertz CT molecular complexity index is 512. The fourth-order valence-corrected chi connectivity index (χ4v) is 1.78. The summed E-state index contributed by atoms with van der Waals surface area (Å²) in [6.45, 7) is 1.70. The average Bonchev–Trinajstić information content (AvgIpc) is 2.24. The van der Waals surface area contributed by atoms with Crippen molar-refractivity contribution in [3.63, 3.8) is 0 Å². The molecule has 7 heteroatoms. The number of Topliss-reactive ketones (excluding diaryl/α,β-unsaturated/α-hetero) is 1. The first-order valence-corrected chi connectivity index (χ1v) is 5.32. The Labute approximate surface area is 105 Å². The zero-order valence-corrected chi connectivity index (χ0v) is 10.4. The van der Waals surface area contributed by atoms with E-state index in [2.05, 4.69) is 15.9 Å². The predicted molar refractivity (Wildman–Crippen MR) is 61.9 cm³/mol. The van der Waals surface area contributed by atoms with Gasteiger partial charge in [0.2, 0.25) is 5.78 Å². The van der Waals surface area contributed by atoms with E-state index in [-0.39, 0.29) is 11.3 Å². The summed E-state index contributed by atoms with van der Waals surface area (Å²) in [5.74, 6) is -2.69. The molecule has 0 fully saturated rings. The molecule has 1 rings (SSSR count). The number of ketones is 1. The molecule has 0 unspecified atom stereocenters. The van der Waals surface area contributed by atoms with Crippen LogP contribution >= 0.6 is 15.9 Å². The summed E-state index contributed by atoms with van der Waals surface area (Å²) >= 11 is 3.13. The molecule has 0 aliphatic heterocycles. The minimum atomic E-state index is -1.60. The highest BCUT2D eigenvalue weighted by Gasteiger charge is 2.23. The summed E-state index contributed by atoms with van der Waals surface area (Å²) in [6.07, 6.45) is -0.506. The van der Waals surface area contributed by atoms with Crippen LogP contribution < -0.4 is 0 Å². The number of aliphatic carboxylic acids is 1. The van der Waals surface area contributed by atoms with Gasteiger partial charge >= 0.3 is 5.97 Å². The van der Waals surface area contributed by atoms with E-state index in [4.69, 9.17) is 5.11 Å². The third-order valence-corrected chi connectivity index (χ3v) is 3.29. The minimum absolute atomic E-state index is 0.0856. The molecule has 1 aromatic rings. The number of rotatable bonds is 4. The largest absolute Gasteiger partial charge is 0.475 e. The number of carboxylic acids is 1. The topological polar surface area (TPSA) is 97.5 Å². The van der Waals surface area contributed by atoms with Crippen LogP contribution in [-0.4, -0.2) is 21.8 Å². The third-order valence-electron chi connectivity index (χ3n) is 2.18. The van der Waals surface area contributed by atoms with Crippen molar-refractivity contribution in [2.75, 3.05) is 0 Å². The number of carboxylic acid groups (broad SMARTS) is 1. The van der Waals surface area contributed by atoms with Gasteiger partial charge in [-0.25, -0.2) is 4.79 Å². The van der Waals surface area contributed by atoms with Crippen LogP contribution in [-0.2, 0) is 16.0 Å². The number of hydrogen-bond acceptors (Lipinski definition) is 4. The second-order valence-electron chi connectivity index (χ2n) is 3.36. The molecular formula is C10H8BrNO5. The molecule has 0 saturated heterocycles. The monoisotopic (exact) mass is 301 g/mol. The van der Waals surface area contributed by atoms with Crippen LogP contribution in [0.4, 0.5) is 5.69 Å². The van der Waals surface area contributed by atoms with Gasteiger partial charge in [-0.3, -0.25) is 14.9 Å². The smallest absolute Gasteiger partial charge is 0.372 e. The van der Waals surface area contributed by atoms with Gasteiger partial charge in [0.1, 0.15) is 0 Å². The molecule has 90 valence electrons. The number of halogens is 1. The Balaban J connectivity index is 3.28. The summed E-state index contributed by atoms with van der Waals surface area (Å²) in [7, 11) is 0. The van der Waals surface area contributed by atoms with Gasteiger partial charge in [0.05, 0.1) is 16.9 Å². The van der Waals surface area contributed by atoms with Crippen molar-refractivity contribution in [2.24, 2.45) is 0 Å². The van der Waals surface area contributed by atoms with Crippen LogP contribution in [0, 0.1) is 17.0 Å². The number of aryl methyl sites for hydroxylation is 1. The van der Waals surface area contributed by atoms with Gasteiger partial charge in [-0.05, 0) is 28.4 Å². The quantitative estimate of drug-likeness (QED) is 0.520. The Morgan fingerprint density at radius 2 is 2.06 bits per heavy atom. The van der Waals surface area contributed by atoms with Crippen LogP contribution in [0.25, 0.3) is 0 Å². The van der Waals surface area contributed by atoms with E-state index in [0.29, 0.717) is 10.0 Å². The highest BCUT2D eigenvalue weighted by Crippen LogP contribution is 2.30. The SMILES string of the molecule is Cc1ccc([N+](=O)[O-])c(CC(=O)C(=O)O)c1Br. The molecule has 0 bridgehead atoms. The Kier molecular flexibility index (Phi) is 3.95. The normalized spacial score (nSPS) is 10.0. The first-order chi connectivity index (χ1) is 7.84. The van der Waals surface area contributed by atoms with Crippen molar-refractivity contribution in [3.8, 4) is 0 Å². The molecule has 0 saturated carbocycles. The fourth-order valence-electron chi connectivity index (χ4n) is 1.30. The van der Waals surface area contributed by atoms with E-state index in [1.807, 2.05) is 0 Å². The van der Waals surface area contributed by atoms with Gasteiger partial charge in [-0.15, -0.1) is 0 Å². The summed E-state index contributed by atoms with van der Waals surface area (Å²) in [4.78, 5) is 31.7. The summed E-state index contributed by atoms with van der Waals surface area (Å²) in [6, 6.07) is 2.78. The van der Waals surface area contributed by atoms with E-state index >= 15 is 0 Å². The number of nitro groups is 1. The number of carbonyl (C=O) groups excluding carboxylic acids is 1. The molecule has 0 amide bonds. The van der Waals surface area contributed by atoms with E-state index < -0.39 is 23.1 Å². The van der Waals surface area contributed by atoms with Gasteiger partial charge in [0.25, 0.3) is 5.69 Å². The van der Waals surface area contributed by atoms with Crippen LogP contribution in [0.5, 0.6) is 0 Å². The number of nitrogens with zero attached hydrogens (tertiary/aromatic N) is 1. The summed E-state index contributed by atoms with van der Waals surface area (Å²) in [5, 5.41) is 19.3. The molecule has 1 aromatic carbocycles. The number of benzene rings is 1. The lowest BCUT2D eigenvalue weighted by Crippen LogP contribution is -2.16. The van der Waals surface area contributed by atoms with E-state index in [1.54, 1.807) is 6.92 Å². The zero-order valence-electron chi connectivity index (χ0n) is 8.77. The van der Waals surface area contributed by atoms with E-state index in [0.717, 1.165) is 0 Å². The maximum absolute atomic E-state index is 11.1. The van der Waals surface area contributed by atoms with Crippen LogP contribution in [0.1, 0.15) is 11.1 Å². The lowest BCUT2D eigenvalue weighted by Gasteiger charge is -2.06. The molecule has 0 aromatic heterocycles. The predicted octanol–water partition coefficient (Wildman–Crippen LogP) is 1.86. The maximum atomic E-state index is 11.1. The first-order valence-electron chi connectivity index (χ1n) is 4.53. The maximum Gasteiger partial charge on any atom is 0.372 e. The highest BCUT2D eigenvalue weighted by atomic mass is 79.9. The average molecular weight is 302 g/mol. The molecule has 1 N–H and O–H groups in total. The van der Waals surface area contributed by atoms with Crippen molar-refractivity contribution in [1.82, 2.24) is 0 Å². The molecule has 0 spiro atoms. The van der Waals surface area contributed by atoms with Gasteiger partial charge in [-0.2, -0.15) is 0 Å². The van der Waals surface area contributed by atoms with Crippen molar-refractivity contribution >= 4 is 33.4 Å². The molecule has 6 nitrogen and oxygen atoms in total. The first kappa shape index (κ1) is 13.3. The molecular weight excluding hydrogens is 294 g/mol. The van der Waals surface area contributed by atoms with Crippen molar-refractivity contribution in [1.29, 1.82) is 0 Å². The van der Waals surface area contributed by atoms with Gasteiger partial charge in [-0.1, -0.05) is 6.07 Å². The molecule has 0 heterocycles. The number of hydrogen-bond donors (Lipinski definition) is 1. The molecule has 17 heavy (non-hydrogen) atoms. The molecule has 0 aliphatic carbocycles. The minimum Gasteiger partial charge on any atom is -0.475 e. The molecule has 0 radical (unpaired) electrons. The van der Waals surface area contributed by atoms with Crippen LogP contribution in [0.2, 0.25) is 0 Å². The highest BCUT2D eigenvalue weighted by molar-refractivity contribution is 9.10. The lowest BCUT2D eigenvalue weighted by atomic mass is 10.0. The number of nitro benzene ring substituents is 1. The summed E-state index contributed by atoms with van der Waals surface area (Å²) in [5.41, 5.74) is 0.517. The Morgan fingerprint density at radius 1 is 1.47 bits per heavy atom. The van der Waals surface area contributed by atoms with E-state index in [9.17, 15) is 19.7 Å². The number of carbonyl (C=O) groups is 2. The van der Waals surface area contributed by atoms with Crippen molar-refractivity contribution < 1.29 is 19.6 Å². The third kappa shape index (κ3) is 2.88. The second-order valence-corrected chi connectivity index (χ2v) is 4.15. The standard InChI is InChI=1S/C10H8BrNO5/c1-5-2-3-7(12(16)17)6(9(5)11)4-8(13)10(14)15/h2-3H,4H2,1H3,(H,14,15). The molecule has 0 atom stereocenters. The van der Waals surface area contributed by atoms with Crippen LogP contribution in [0.3, 0.4) is 0 Å². The Morgan fingerprint density at radius 3 is 2.53 bits per heavy atom.